The molecule has 3 fully saturated rings. The van der Waals surface area contributed by atoms with E-state index in [1.165, 1.54) is 44.9 Å². The van der Waals surface area contributed by atoms with Crippen LogP contribution in [0.2, 0.25) is 0 Å². The monoisotopic (exact) mass is 378 g/mol. The highest BCUT2D eigenvalue weighted by molar-refractivity contribution is 5.88. The molecule has 0 aromatic carbocycles. The Kier molecular flexibility index (Phi) is 5.73. The fourth-order valence-corrected chi connectivity index (χ4v) is 5.99. The smallest absolute Gasteiger partial charge is 0.254 e. The van der Waals surface area contributed by atoms with Crippen LogP contribution in [-0.4, -0.2) is 40.3 Å². The van der Waals surface area contributed by atoms with E-state index in [-0.39, 0.29) is 22.7 Å². The van der Waals surface area contributed by atoms with Crippen molar-refractivity contribution >= 4 is 5.91 Å². The molecule has 1 aliphatic carbocycles. The van der Waals surface area contributed by atoms with Crippen LogP contribution in [0.4, 0.5) is 0 Å². The van der Waals surface area contributed by atoms with Crippen molar-refractivity contribution in [1.29, 1.82) is 0 Å². The summed E-state index contributed by atoms with van der Waals surface area (Å²) in [4.78, 5) is 15.5. The number of nitrogens with one attached hydrogen (secondary N) is 1. The lowest BCUT2D eigenvalue weighted by Gasteiger charge is -2.56. The van der Waals surface area contributed by atoms with Crippen molar-refractivity contribution in [2.24, 2.45) is 5.92 Å². The van der Waals surface area contributed by atoms with Crippen LogP contribution in [0, 0.1) is 5.92 Å². The van der Waals surface area contributed by atoms with Gasteiger partial charge in [0.25, 0.3) is 5.91 Å². The Hall–Kier alpha value is -0.610. The van der Waals surface area contributed by atoms with Crippen LogP contribution in [0.5, 0.6) is 0 Å². The molecule has 0 radical (unpaired) electrons. The summed E-state index contributed by atoms with van der Waals surface area (Å²) in [5, 5.41) is 3.29. The Morgan fingerprint density at radius 1 is 1.00 bits per heavy atom. The van der Waals surface area contributed by atoms with E-state index in [9.17, 15) is 4.79 Å². The maximum absolute atomic E-state index is 13.1. The van der Waals surface area contributed by atoms with E-state index in [1.54, 1.807) is 0 Å². The number of piperidine rings is 1. The van der Waals surface area contributed by atoms with E-state index in [0.29, 0.717) is 0 Å². The number of amides is 1. The van der Waals surface area contributed by atoms with Crippen molar-refractivity contribution < 1.29 is 9.53 Å². The summed E-state index contributed by atoms with van der Waals surface area (Å²) in [6.45, 7) is 11.2. The molecule has 0 aromatic rings. The molecule has 27 heavy (non-hydrogen) atoms. The van der Waals surface area contributed by atoms with E-state index in [0.717, 1.165) is 31.6 Å². The van der Waals surface area contributed by atoms with Gasteiger partial charge in [0.15, 0.2) is 5.60 Å². The Morgan fingerprint density at radius 3 is 2.15 bits per heavy atom. The van der Waals surface area contributed by atoms with Gasteiger partial charge in [-0.1, -0.05) is 51.9 Å². The van der Waals surface area contributed by atoms with Gasteiger partial charge >= 0.3 is 0 Å². The molecule has 3 rings (SSSR count). The van der Waals surface area contributed by atoms with Crippen molar-refractivity contribution in [2.45, 2.75) is 128 Å². The van der Waals surface area contributed by atoms with Crippen molar-refractivity contribution in [1.82, 2.24) is 10.2 Å². The molecule has 2 heterocycles. The number of carbonyl (C=O) groups is 1. The second kappa shape index (κ2) is 7.33. The minimum atomic E-state index is -0.648. The highest BCUT2D eigenvalue weighted by atomic mass is 16.6. The molecule has 4 heteroatoms. The molecule has 2 saturated heterocycles. The van der Waals surface area contributed by atoms with Gasteiger partial charge in [-0.3, -0.25) is 9.69 Å². The van der Waals surface area contributed by atoms with Gasteiger partial charge in [0.2, 0.25) is 0 Å². The van der Waals surface area contributed by atoms with E-state index in [1.807, 2.05) is 0 Å². The molecular formula is C23H42N2O2. The van der Waals surface area contributed by atoms with E-state index in [2.05, 4.69) is 51.9 Å². The summed E-state index contributed by atoms with van der Waals surface area (Å²) in [7, 11) is 2.18. The standard InChI is InChI=1S/C23H42N2O2/c1-7-8-9-10-11-12-13-18-14-23(15-18)24-19(26)22(27-23)16-20(2,3)25(6)21(4,5)17-22/h18H,7-17H2,1-6H3,(H,24,26). The first-order chi connectivity index (χ1) is 12.5. The first-order valence-corrected chi connectivity index (χ1v) is 11.3. The number of rotatable bonds is 7. The lowest BCUT2D eigenvalue weighted by atomic mass is 9.71. The summed E-state index contributed by atoms with van der Waals surface area (Å²) < 4.78 is 6.65. The normalized spacial score (nSPS) is 34.0. The third-order valence-electron chi connectivity index (χ3n) is 7.60. The predicted molar refractivity (Wildman–Crippen MR) is 111 cm³/mol. The third-order valence-corrected chi connectivity index (χ3v) is 7.60. The zero-order chi connectivity index (χ0) is 19.9. The van der Waals surface area contributed by atoms with Crippen LogP contribution in [-0.2, 0) is 9.53 Å². The van der Waals surface area contributed by atoms with Crippen LogP contribution in [0.1, 0.15) is 105 Å². The molecule has 0 bridgehead atoms. The maximum Gasteiger partial charge on any atom is 0.254 e. The van der Waals surface area contributed by atoms with Crippen LogP contribution in [0.25, 0.3) is 0 Å². The third kappa shape index (κ3) is 4.07. The average molecular weight is 379 g/mol. The van der Waals surface area contributed by atoms with Crippen LogP contribution >= 0.6 is 0 Å². The topological polar surface area (TPSA) is 41.6 Å². The van der Waals surface area contributed by atoms with Gasteiger partial charge in [0, 0.05) is 23.9 Å². The van der Waals surface area contributed by atoms with Crippen molar-refractivity contribution in [2.75, 3.05) is 7.05 Å². The molecule has 2 aliphatic heterocycles. The number of likely N-dealkylation sites (tertiary alicyclic amines) is 1. The second-order valence-electron chi connectivity index (χ2n) is 10.9. The number of nitrogens with zero attached hydrogens (tertiary/aromatic N) is 1. The van der Waals surface area contributed by atoms with Crippen molar-refractivity contribution in [3.05, 3.63) is 0 Å². The average Bonchev–Trinajstić information content (AvgIpc) is 2.79. The first kappa shape index (κ1) is 21.1. The molecule has 3 aliphatic rings. The SMILES string of the molecule is CCCCCCCCC1CC2(C1)NC(=O)C1(CC(C)(C)N(C)C(C)(C)C1)O2. The Labute approximate surface area is 166 Å². The molecule has 1 saturated carbocycles. The Bertz CT molecular complexity index is 531. The lowest BCUT2D eigenvalue weighted by molar-refractivity contribution is -0.211. The zero-order valence-electron chi connectivity index (χ0n) is 18.6. The van der Waals surface area contributed by atoms with Crippen molar-refractivity contribution in [3.63, 3.8) is 0 Å². The fourth-order valence-electron chi connectivity index (χ4n) is 5.99. The molecule has 2 spiro atoms. The van der Waals surface area contributed by atoms with Crippen LogP contribution < -0.4 is 5.32 Å². The van der Waals surface area contributed by atoms with Gasteiger partial charge in [-0.2, -0.15) is 0 Å². The quantitative estimate of drug-likeness (QED) is 0.633. The van der Waals surface area contributed by atoms with Gasteiger partial charge < -0.3 is 10.1 Å². The Balaban J connectivity index is 1.53. The van der Waals surface area contributed by atoms with Gasteiger partial charge in [-0.05, 0) is 53.5 Å². The lowest BCUT2D eigenvalue weighted by Crippen LogP contribution is -2.66. The van der Waals surface area contributed by atoms with E-state index in [4.69, 9.17) is 4.74 Å². The molecular weight excluding hydrogens is 336 g/mol. The summed E-state index contributed by atoms with van der Waals surface area (Å²) in [6.07, 6.45) is 13.0. The molecule has 4 nitrogen and oxygen atoms in total. The molecule has 0 atom stereocenters. The van der Waals surface area contributed by atoms with Crippen LogP contribution in [0.15, 0.2) is 0 Å². The summed E-state index contributed by atoms with van der Waals surface area (Å²) >= 11 is 0. The minimum Gasteiger partial charge on any atom is -0.339 e. The highest BCUT2D eigenvalue weighted by Gasteiger charge is 2.65. The second-order valence-corrected chi connectivity index (χ2v) is 10.9. The molecule has 1 amide bonds. The Morgan fingerprint density at radius 2 is 1.56 bits per heavy atom. The molecule has 156 valence electrons. The number of hydrogen-bond acceptors (Lipinski definition) is 3. The van der Waals surface area contributed by atoms with E-state index < -0.39 is 5.60 Å². The fraction of sp³-hybridized carbons (Fsp3) is 0.957. The summed E-state index contributed by atoms with van der Waals surface area (Å²) in [6, 6.07) is 0. The van der Waals surface area contributed by atoms with Crippen LogP contribution in [0.3, 0.4) is 0 Å². The summed E-state index contributed by atoms with van der Waals surface area (Å²) in [5.41, 5.74) is -1.12. The number of unbranched alkanes of at least 4 members (excludes halogenated alkanes) is 5. The molecule has 0 aromatic heterocycles. The van der Waals surface area contributed by atoms with Crippen molar-refractivity contribution in [3.8, 4) is 0 Å². The zero-order valence-corrected chi connectivity index (χ0v) is 18.6. The summed E-state index contributed by atoms with van der Waals surface area (Å²) in [5.74, 6) is 0.855. The maximum atomic E-state index is 13.1. The number of carbonyl (C=O) groups excluding carboxylic acids is 1. The van der Waals surface area contributed by atoms with Gasteiger partial charge in [0.1, 0.15) is 5.72 Å². The van der Waals surface area contributed by atoms with E-state index >= 15 is 0 Å². The minimum absolute atomic E-state index is 0.0493. The molecule has 0 unspecified atom stereocenters. The highest BCUT2D eigenvalue weighted by Crippen LogP contribution is 2.53. The number of hydrogen-bond donors (Lipinski definition) is 1. The van der Waals surface area contributed by atoms with Gasteiger partial charge in [0.05, 0.1) is 0 Å². The van der Waals surface area contributed by atoms with Gasteiger partial charge in [-0.15, -0.1) is 0 Å². The molecule has 1 N–H and O–H groups in total. The predicted octanol–water partition coefficient (Wildman–Crippen LogP) is 5.01. The van der Waals surface area contributed by atoms with Gasteiger partial charge in [-0.25, -0.2) is 0 Å². The number of ether oxygens (including phenoxy) is 1. The first-order valence-electron chi connectivity index (χ1n) is 11.3. The largest absolute Gasteiger partial charge is 0.339 e.